The second-order valence-electron chi connectivity index (χ2n) is 8.22. The van der Waals surface area contributed by atoms with Crippen LogP contribution >= 0.6 is 0 Å². The Balaban J connectivity index is 1.44. The maximum atomic E-state index is 4.97. The smallest absolute Gasteiger partial charge is 0.135 e. The number of aromatic amines is 2. The Kier molecular flexibility index (Phi) is 5.08. The quantitative estimate of drug-likeness (QED) is 0.322. The average molecular weight is 446 g/mol. The fourth-order valence-electron chi connectivity index (χ4n) is 4.30. The fourth-order valence-corrected chi connectivity index (χ4v) is 4.30. The summed E-state index contributed by atoms with van der Waals surface area (Å²) in [5.41, 5.74) is 9.67. The standard InChI is InChI=1S/C27H23N7/c1-2-28-13-17-11-19(16-30-14-17)22-8-9-24-26(32-22)27(34-33-24)25-12-21-20(6-3-7-23(21)31-25)18-5-4-10-29-15-18/h3-12,14-16,28,31H,2,13H2,1H3,(H,33,34). The molecule has 6 aromatic rings. The van der Waals surface area contributed by atoms with Gasteiger partial charge in [0.25, 0.3) is 0 Å². The average Bonchev–Trinajstić information content (AvgIpc) is 3.51. The lowest BCUT2D eigenvalue weighted by atomic mass is 10.0. The van der Waals surface area contributed by atoms with E-state index in [4.69, 9.17) is 4.98 Å². The van der Waals surface area contributed by atoms with Crippen LogP contribution in [0.1, 0.15) is 12.5 Å². The van der Waals surface area contributed by atoms with Crippen molar-refractivity contribution < 1.29 is 0 Å². The Morgan fingerprint density at radius 3 is 2.71 bits per heavy atom. The third-order valence-corrected chi connectivity index (χ3v) is 5.97. The number of rotatable bonds is 6. The van der Waals surface area contributed by atoms with Crippen molar-refractivity contribution in [2.24, 2.45) is 0 Å². The molecule has 7 heteroatoms. The van der Waals surface area contributed by atoms with Gasteiger partial charge in [0.1, 0.15) is 11.2 Å². The molecule has 166 valence electrons. The molecule has 0 saturated carbocycles. The molecular formula is C27H23N7. The predicted octanol–water partition coefficient (Wildman–Crippen LogP) is 5.34. The van der Waals surface area contributed by atoms with Crippen molar-refractivity contribution in [3.05, 3.63) is 84.9 Å². The minimum absolute atomic E-state index is 0.783. The van der Waals surface area contributed by atoms with Crippen LogP contribution in [0.5, 0.6) is 0 Å². The van der Waals surface area contributed by atoms with Crippen molar-refractivity contribution in [2.75, 3.05) is 6.54 Å². The lowest BCUT2D eigenvalue weighted by Gasteiger charge is -2.05. The van der Waals surface area contributed by atoms with Gasteiger partial charge in [0.2, 0.25) is 0 Å². The topological polar surface area (TPSA) is 95.2 Å². The largest absolute Gasteiger partial charge is 0.353 e. The van der Waals surface area contributed by atoms with Gasteiger partial charge in [-0.1, -0.05) is 25.1 Å². The summed E-state index contributed by atoms with van der Waals surface area (Å²) in [6, 6.07) is 18.6. The minimum Gasteiger partial charge on any atom is -0.353 e. The molecule has 5 aromatic heterocycles. The van der Waals surface area contributed by atoms with E-state index in [2.05, 4.69) is 73.8 Å². The van der Waals surface area contributed by atoms with Crippen LogP contribution in [0, 0.1) is 0 Å². The summed E-state index contributed by atoms with van der Waals surface area (Å²) in [7, 11) is 0. The number of pyridine rings is 3. The van der Waals surface area contributed by atoms with Crippen molar-refractivity contribution in [1.29, 1.82) is 0 Å². The molecule has 1 aromatic carbocycles. The SMILES string of the molecule is CCNCc1cncc(-c2ccc3[nH]nc(-c4cc5c(-c6cccnc6)cccc5[nH]4)c3n2)c1. The highest BCUT2D eigenvalue weighted by molar-refractivity contribution is 6.00. The van der Waals surface area contributed by atoms with Crippen LogP contribution in [0.2, 0.25) is 0 Å². The van der Waals surface area contributed by atoms with Crippen LogP contribution in [-0.4, -0.2) is 36.7 Å². The van der Waals surface area contributed by atoms with Crippen molar-refractivity contribution in [1.82, 2.24) is 35.5 Å². The molecule has 0 aliphatic carbocycles. The lowest BCUT2D eigenvalue weighted by Crippen LogP contribution is -2.11. The van der Waals surface area contributed by atoms with Gasteiger partial charge in [-0.25, -0.2) is 4.98 Å². The molecule has 0 spiro atoms. The van der Waals surface area contributed by atoms with Gasteiger partial charge in [-0.2, -0.15) is 5.10 Å². The van der Waals surface area contributed by atoms with E-state index in [1.165, 1.54) is 0 Å². The molecule has 0 unspecified atom stereocenters. The van der Waals surface area contributed by atoms with Crippen LogP contribution < -0.4 is 5.32 Å². The molecule has 3 N–H and O–H groups in total. The van der Waals surface area contributed by atoms with Gasteiger partial charge in [0.15, 0.2) is 0 Å². The van der Waals surface area contributed by atoms with E-state index in [1.807, 2.05) is 36.8 Å². The highest BCUT2D eigenvalue weighted by Gasteiger charge is 2.15. The predicted molar refractivity (Wildman–Crippen MR) is 135 cm³/mol. The number of nitrogens with one attached hydrogen (secondary N) is 3. The zero-order valence-corrected chi connectivity index (χ0v) is 18.7. The molecule has 0 atom stereocenters. The van der Waals surface area contributed by atoms with Crippen molar-refractivity contribution in [2.45, 2.75) is 13.5 Å². The van der Waals surface area contributed by atoms with Crippen LogP contribution in [0.3, 0.4) is 0 Å². The molecule has 34 heavy (non-hydrogen) atoms. The molecule has 0 aliphatic heterocycles. The maximum Gasteiger partial charge on any atom is 0.135 e. The summed E-state index contributed by atoms with van der Waals surface area (Å²) in [5.74, 6) is 0. The van der Waals surface area contributed by atoms with E-state index in [9.17, 15) is 0 Å². The third-order valence-electron chi connectivity index (χ3n) is 5.97. The molecule has 6 rings (SSSR count). The second kappa shape index (κ2) is 8.53. The Morgan fingerprint density at radius 2 is 1.82 bits per heavy atom. The fraction of sp³-hybridized carbons (Fsp3) is 0.111. The van der Waals surface area contributed by atoms with Gasteiger partial charge in [-0.05, 0) is 54.1 Å². The zero-order valence-electron chi connectivity index (χ0n) is 18.7. The molecule has 0 aliphatic rings. The number of aromatic nitrogens is 6. The van der Waals surface area contributed by atoms with Gasteiger partial charge in [0.05, 0.1) is 16.9 Å². The maximum absolute atomic E-state index is 4.97. The number of nitrogens with zero attached hydrogens (tertiary/aromatic N) is 4. The number of H-pyrrole nitrogens is 2. The number of hydrogen-bond acceptors (Lipinski definition) is 5. The summed E-state index contributed by atoms with van der Waals surface area (Å²) < 4.78 is 0. The highest BCUT2D eigenvalue weighted by Crippen LogP contribution is 2.34. The molecule has 0 amide bonds. The summed E-state index contributed by atoms with van der Waals surface area (Å²) in [6.45, 7) is 3.79. The first-order valence-corrected chi connectivity index (χ1v) is 11.3. The molecule has 0 saturated heterocycles. The van der Waals surface area contributed by atoms with Crippen LogP contribution in [0.4, 0.5) is 0 Å². The second-order valence-corrected chi connectivity index (χ2v) is 8.22. The van der Waals surface area contributed by atoms with E-state index < -0.39 is 0 Å². The summed E-state index contributed by atoms with van der Waals surface area (Å²) in [5, 5.41) is 12.2. The van der Waals surface area contributed by atoms with Gasteiger partial charge >= 0.3 is 0 Å². The summed E-state index contributed by atoms with van der Waals surface area (Å²) in [4.78, 5) is 17.2. The third kappa shape index (κ3) is 3.62. The Morgan fingerprint density at radius 1 is 0.882 bits per heavy atom. The highest BCUT2D eigenvalue weighted by atomic mass is 15.1. The van der Waals surface area contributed by atoms with E-state index >= 15 is 0 Å². The first-order valence-electron chi connectivity index (χ1n) is 11.3. The van der Waals surface area contributed by atoms with E-state index in [0.29, 0.717) is 0 Å². The molecule has 5 heterocycles. The van der Waals surface area contributed by atoms with Gasteiger partial charge < -0.3 is 10.3 Å². The summed E-state index contributed by atoms with van der Waals surface area (Å²) >= 11 is 0. The molecule has 0 radical (unpaired) electrons. The van der Waals surface area contributed by atoms with E-state index in [0.717, 1.165) is 74.4 Å². The van der Waals surface area contributed by atoms with Gasteiger partial charge in [-0.15, -0.1) is 0 Å². The van der Waals surface area contributed by atoms with Crippen molar-refractivity contribution in [3.8, 4) is 33.8 Å². The van der Waals surface area contributed by atoms with Crippen molar-refractivity contribution in [3.63, 3.8) is 0 Å². The summed E-state index contributed by atoms with van der Waals surface area (Å²) in [6.07, 6.45) is 7.42. The normalized spacial score (nSPS) is 11.4. The molecule has 0 bridgehead atoms. The zero-order chi connectivity index (χ0) is 22.9. The van der Waals surface area contributed by atoms with E-state index in [-0.39, 0.29) is 0 Å². The monoisotopic (exact) mass is 445 g/mol. The molecule has 7 nitrogen and oxygen atoms in total. The van der Waals surface area contributed by atoms with Crippen molar-refractivity contribution >= 4 is 21.9 Å². The Bertz CT molecular complexity index is 1600. The van der Waals surface area contributed by atoms with Gasteiger partial charge in [-0.3, -0.25) is 15.1 Å². The number of fused-ring (bicyclic) bond motifs is 2. The van der Waals surface area contributed by atoms with Crippen LogP contribution in [0.15, 0.2) is 79.4 Å². The minimum atomic E-state index is 0.783. The first kappa shape index (κ1) is 20.3. The Hall–Kier alpha value is -4.36. The lowest BCUT2D eigenvalue weighted by molar-refractivity contribution is 0.724. The number of benzene rings is 1. The van der Waals surface area contributed by atoms with Crippen LogP contribution in [-0.2, 0) is 6.54 Å². The molecule has 0 fully saturated rings. The first-order chi connectivity index (χ1) is 16.8. The molecular weight excluding hydrogens is 422 g/mol. The van der Waals surface area contributed by atoms with Gasteiger partial charge in [0, 0.05) is 53.4 Å². The number of hydrogen-bond donors (Lipinski definition) is 3. The van der Waals surface area contributed by atoms with Crippen LogP contribution in [0.25, 0.3) is 55.7 Å². The Labute approximate surface area is 196 Å². The van der Waals surface area contributed by atoms with E-state index in [1.54, 1.807) is 6.20 Å².